The lowest BCUT2D eigenvalue weighted by Crippen LogP contribution is -2.35. The van der Waals surface area contributed by atoms with E-state index < -0.39 is 10.0 Å². The van der Waals surface area contributed by atoms with E-state index in [-0.39, 0.29) is 11.9 Å². The molecule has 0 N–H and O–H groups in total. The first-order valence-corrected chi connectivity index (χ1v) is 8.60. The lowest BCUT2D eigenvalue weighted by molar-refractivity contribution is 0.379. The van der Waals surface area contributed by atoms with Crippen molar-refractivity contribution in [3.05, 3.63) is 16.3 Å². The smallest absolute Gasteiger partial charge is 0.207 e. The van der Waals surface area contributed by atoms with Crippen LogP contribution in [0.1, 0.15) is 31.1 Å². The van der Waals surface area contributed by atoms with Gasteiger partial charge < -0.3 is 0 Å². The summed E-state index contributed by atoms with van der Waals surface area (Å²) in [5.74, 6) is 0.261. The third-order valence-corrected chi connectivity index (χ3v) is 6.72. The number of hydrogen-bond acceptors (Lipinski definition) is 3. The van der Waals surface area contributed by atoms with E-state index in [2.05, 4.69) is 0 Å². The molecule has 3 nitrogen and oxygen atoms in total. The zero-order chi connectivity index (χ0) is 12.5. The molecule has 0 saturated carbocycles. The Kier molecular flexibility index (Phi) is 4.13. The summed E-state index contributed by atoms with van der Waals surface area (Å²) in [5, 5.41) is 1.79. The van der Waals surface area contributed by atoms with Gasteiger partial charge in [-0.25, -0.2) is 8.42 Å². The van der Waals surface area contributed by atoms with E-state index in [1.165, 1.54) is 11.3 Å². The van der Waals surface area contributed by atoms with Gasteiger partial charge in [0, 0.05) is 17.5 Å². The van der Waals surface area contributed by atoms with Gasteiger partial charge in [0.15, 0.2) is 0 Å². The second-order valence-electron chi connectivity index (χ2n) is 4.16. The van der Waals surface area contributed by atoms with Crippen LogP contribution in [0.2, 0.25) is 0 Å². The predicted octanol–water partition coefficient (Wildman–Crippen LogP) is 3.05. The van der Waals surface area contributed by atoms with E-state index in [0.717, 1.165) is 24.1 Å². The number of rotatable bonds is 4. The number of thiophene rings is 1. The molecule has 0 aliphatic carbocycles. The van der Waals surface area contributed by atoms with Gasteiger partial charge in [-0.05, 0) is 30.7 Å². The summed E-state index contributed by atoms with van der Waals surface area (Å²) in [4.78, 5) is 1.14. The molecule has 1 unspecified atom stereocenters. The molecular formula is C11H16ClNO2S2. The number of sulfonamides is 1. The summed E-state index contributed by atoms with van der Waals surface area (Å²) >= 11 is 7.19. The van der Waals surface area contributed by atoms with Crippen LogP contribution in [0.3, 0.4) is 0 Å². The van der Waals surface area contributed by atoms with Crippen LogP contribution in [0.25, 0.3) is 0 Å². The topological polar surface area (TPSA) is 37.4 Å². The highest BCUT2D eigenvalue weighted by atomic mass is 35.5. The fourth-order valence-corrected chi connectivity index (χ4v) is 5.76. The standard InChI is InChI=1S/C11H16ClNO2S2/c1-2-9-4-3-6-13(9)17(14,15)11-5-7-16-10(11)8-12/h5,7,9H,2-4,6,8H2,1H3. The number of halogens is 1. The van der Waals surface area contributed by atoms with Crippen LogP contribution in [0.5, 0.6) is 0 Å². The van der Waals surface area contributed by atoms with Crippen molar-refractivity contribution < 1.29 is 8.42 Å². The lowest BCUT2D eigenvalue weighted by atomic mass is 10.2. The first kappa shape index (κ1) is 13.3. The second kappa shape index (κ2) is 5.26. The van der Waals surface area contributed by atoms with E-state index in [9.17, 15) is 8.42 Å². The van der Waals surface area contributed by atoms with Gasteiger partial charge >= 0.3 is 0 Å². The van der Waals surface area contributed by atoms with Crippen LogP contribution in [0.15, 0.2) is 16.3 Å². The normalized spacial score (nSPS) is 22.1. The van der Waals surface area contributed by atoms with Crippen molar-refractivity contribution in [2.75, 3.05) is 6.54 Å². The van der Waals surface area contributed by atoms with Gasteiger partial charge in [-0.15, -0.1) is 22.9 Å². The van der Waals surface area contributed by atoms with Gasteiger partial charge in [-0.2, -0.15) is 4.31 Å². The molecule has 6 heteroatoms. The fraction of sp³-hybridized carbons (Fsp3) is 0.636. The van der Waals surface area contributed by atoms with E-state index in [1.54, 1.807) is 15.8 Å². The van der Waals surface area contributed by atoms with E-state index in [0.29, 0.717) is 11.4 Å². The Hall–Kier alpha value is -0.100. The van der Waals surface area contributed by atoms with Gasteiger partial charge in [0.2, 0.25) is 10.0 Å². The molecule has 0 bridgehead atoms. The minimum atomic E-state index is -3.34. The quantitative estimate of drug-likeness (QED) is 0.800. The number of alkyl halides is 1. The Morgan fingerprint density at radius 1 is 1.59 bits per heavy atom. The molecule has 17 heavy (non-hydrogen) atoms. The maximum absolute atomic E-state index is 12.5. The molecule has 1 aromatic heterocycles. The third-order valence-electron chi connectivity index (χ3n) is 3.21. The maximum Gasteiger partial charge on any atom is 0.244 e. The predicted molar refractivity (Wildman–Crippen MR) is 71.1 cm³/mol. The van der Waals surface area contributed by atoms with Gasteiger partial charge in [0.25, 0.3) is 0 Å². The Labute approximate surface area is 111 Å². The van der Waals surface area contributed by atoms with Crippen LogP contribution in [0, 0.1) is 0 Å². The van der Waals surface area contributed by atoms with Crippen LogP contribution in [-0.4, -0.2) is 25.3 Å². The molecule has 1 aliphatic heterocycles. The molecule has 1 saturated heterocycles. The molecule has 0 aromatic carbocycles. The molecule has 1 fully saturated rings. The number of hydrogen-bond donors (Lipinski definition) is 0. The van der Waals surface area contributed by atoms with Crippen molar-refractivity contribution in [3.8, 4) is 0 Å². The molecule has 1 atom stereocenters. The molecule has 0 amide bonds. The van der Waals surface area contributed by atoms with Gasteiger partial charge in [0.1, 0.15) is 0 Å². The molecular weight excluding hydrogens is 278 g/mol. The summed E-state index contributed by atoms with van der Waals surface area (Å²) in [6.07, 6.45) is 2.80. The maximum atomic E-state index is 12.5. The Morgan fingerprint density at radius 3 is 3.00 bits per heavy atom. The first-order chi connectivity index (χ1) is 8.11. The van der Waals surface area contributed by atoms with Crippen molar-refractivity contribution in [3.63, 3.8) is 0 Å². The van der Waals surface area contributed by atoms with Crippen molar-refractivity contribution in [1.82, 2.24) is 4.31 Å². The molecule has 1 aromatic rings. The summed E-state index contributed by atoms with van der Waals surface area (Å²) in [5.41, 5.74) is 0. The van der Waals surface area contributed by atoms with Crippen molar-refractivity contribution >= 4 is 33.0 Å². The van der Waals surface area contributed by atoms with Crippen molar-refractivity contribution in [1.29, 1.82) is 0 Å². The van der Waals surface area contributed by atoms with E-state index in [4.69, 9.17) is 11.6 Å². The number of nitrogens with zero attached hydrogens (tertiary/aromatic N) is 1. The Balaban J connectivity index is 2.36. The average Bonchev–Trinajstić information content (AvgIpc) is 2.97. The highest BCUT2D eigenvalue weighted by molar-refractivity contribution is 7.89. The van der Waals surface area contributed by atoms with Gasteiger partial charge in [0.05, 0.1) is 10.8 Å². The van der Waals surface area contributed by atoms with E-state index >= 15 is 0 Å². The van der Waals surface area contributed by atoms with Crippen molar-refractivity contribution in [2.45, 2.75) is 43.0 Å². The van der Waals surface area contributed by atoms with Gasteiger partial charge in [-0.1, -0.05) is 6.92 Å². The Bertz CT molecular complexity index is 483. The highest BCUT2D eigenvalue weighted by Crippen LogP contribution is 2.32. The average molecular weight is 294 g/mol. The monoisotopic (exact) mass is 293 g/mol. The second-order valence-corrected chi connectivity index (χ2v) is 7.29. The summed E-state index contributed by atoms with van der Waals surface area (Å²) in [7, 11) is -3.34. The molecule has 0 radical (unpaired) electrons. The Morgan fingerprint density at radius 2 is 2.35 bits per heavy atom. The van der Waals surface area contributed by atoms with Gasteiger partial charge in [-0.3, -0.25) is 0 Å². The van der Waals surface area contributed by atoms with Crippen LogP contribution in [-0.2, 0) is 15.9 Å². The zero-order valence-corrected chi connectivity index (χ0v) is 12.1. The van der Waals surface area contributed by atoms with Crippen molar-refractivity contribution in [2.24, 2.45) is 0 Å². The molecule has 96 valence electrons. The summed E-state index contributed by atoms with van der Waals surface area (Å²) in [6, 6.07) is 1.83. The first-order valence-electron chi connectivity index (χ1n) is 5.75. The molecule has 1 aliphatic rings. The zero-order valence-electron chi connectivity index (χ0n) is 9.73. The molecule has 2 rings (SSSR count). The minimum Gasteiger partial charge on any atom is -0.207 e. The third kappa shape index (κ3) is 2.38. The molecule has 0 spiro atoms. The van der Waals surface area contributed by atoms with E-state index in [1.807, 2.05) is 6.92 Å². The minimum absolute atomic E-state index is 0.156. The van der Waals surface area contributed by atoms with Crippen LogP contribution in [0.4, 0.5) is 0 Å². The van der Waals surface area contributed by atoms with Crippen LogP contribution >= 0.6 is 22.9 Å². The molecule has 2 heterocycles. The van der Waals surface area contributed by atoms with Crippen LogP contribution < -0.4 is 0 Å². The SMILES string of the molecule is CCC1CCCN1S(=O)(=O)c1ccsc1CCl. The largest absolute Gasteiger partial charge is 0.244 e. The summed E-state index contributed by atoms with van der Waals surface area (Å²) in [6.45, 7) is 2.67. The highest BCUT2D eigenvalue weighted by Gasteiger charge is 2.35. The lowest BCUT2D eigenvalue weighted by Gasteiger charge is -2.22. The summed E-state index contributed by atoms with van der Waals surface area (Å²) < 4.78 is 26.7. The fourth-order valence-electron chi connectivity index (χ4n) is 2.32.